The summed E-state index contributed by atoms with van der Waals surface area (Å²) in [5, 5.41) is 0. The number of hydrogen-bond donors (Lipinski definition) is 0. The maximum atomic E-state index is 3.55. The maximum Gasteiger partial charge on any atom is 0.186 e. The van der Waals surface area contributed by atoms with E-state index < -0.39 is 0 Å². The number of nitrogens with one attached hydrogen (secondary N) is 1. The van der Waals surface area contributed by atoms with Crippen LogP contribution in [0.3, 0.4) is 0 Å². The van der Waals surface area contributed by atoms with Gasteiger partial charge < -0.3 is 0 Å². The minimum Gasteiger partial charge on any atom is -0.215 e. The highest BCUT2D eigenvalue weighted by Gasteiger charge is 2.69. The van der Waals surface area contributed by atoms with Crippen molar-refractivity contribution in [2.45, 2.75) is 43.4 Å². The Balaban J connectivity index is 1.72. The van der Waals surface area contributed by atoms with E-state index in [9.17, 15) is 0 Å². The van der Waals surface area contributed by atoms with Crippen molar-refractivity contribution in [2.75, 3.05) is 0 Å². The lowest BCUT2D eigenvalue weighted by Gasteiger charge is -2.24. The molecule has 3 unspecified atom stereocenters. The fourth-order valence-corrected chi connectivity index (χ4v) is 4.66. The minimum atomic E-state index is 0.171. The van der Waals surface area contributed by atoms with E-state index in [0.29, 0.717) is 5.92 Å². The van der Waals surface area contributed by atoms with Crippen molar-refractivity contribution in [2.24, 2.45) is 0 Å². The number of pyridine rings is 1. The van der Waals surface area contributed by atoms with Crippen molar-refractivity contribution in [3.05, 3.63) is 102 Å². The van der Waals surface area contributed by atoms with Gasteiger partial charge in [0, 0.05) is 17.5 Å². The van der Waals surface area contributed by atoms with Crippen LogP contribution in [0.25, 0.3) is 0 Å². The SMILES string of the molecule is CC(CC1(c2cccc[nH+]2)CC1(C)c1ccccc1)c1ccccc1. The van der Waals surface area contributed by atoms with Crippen LogP contribution in [0.15, 0.2) is 85.1 Å². The topological polar surface area (TPSA) is 14.1 Å². The Labute approximate surface area is 150 Å². The van der Waals surface area contributed by atoms with Crippen molar-refractivity contribution in [3.8, 4) is 0 Å². The molecule has 1 aliphatic carbocycles. The first kappa shape index (κ1) is 16.1. The van der Waals surface area contributed by atoms with Crippen LogP contribution in [-0.4, -0.2) is 0 Å². The van der Waals surface area contributed by atoms with Gasteiger partial charge in [-0.1, -0.05) is 80.6 Å². The summed E-state index contributed by atoms with van der Waals surface area (Å²) >= 11 is 0. The van der Waals surface area contributed by atoms with Crippen LogP contribution < -0.4 is 4.98 Å². The van der Waals surface area contributed by atoms with Crippen LogP contribution in [0.1, 0.15) is 49.4 Å². The van der Waals surface area contributed by atoms with Gasteiger partial charge >= 0.3 is 0 Å². The number of aromatic nitrogens is 1. The summed E-state index contributed by atoms with van der Waals surface area (Å²) in [6.07, 6.45) is 4.42. The molecule has 4 rings (SSSR count). The predicted octanol–water partition coefficient (Wildman–Crippen LogP) is 5.29. The van der Waals surface area contributed by atoms with Crippen LogP contribution in [0.2, 0.25) is 0 Å². The number of rotatable bonds is 5. The standard InChI is InChI=1S/C24H25N/c1-19(20-11-5-3-6-12-20)17-24(22-15-9-10-16-25-22)18-23(24,2)21-13-7-4-8-14-21/h3-16,19H,17-18H2,1-2H3/p+1. The lowest BCUT2D eigenvalue weighted by molar-refractivity contribution is -0.395. The summed E-state index contributed by atoms with van der Waals surface area (Å²) in [4.78, 5) is 3.55. The molecule has 3 aromatic rings. The Morgan fingerprint density at radius 1 is 0.880 bits per heavy atom. The Bertz CT molecular complexity index is 828. The molecule has 0 amide bonds. The molecule has 126 valence electrons. The summed E-state index contributed by atoms with van der Waals surface area (Å²) < 4.78 is 0. The summed E-state index contributed by atoms with van der Waals surface area (Å²) in [6, 6.07) is 28.4. The molecule has 2 aromatic carbocycles. The third-order valence-electron chi connectivity index (χ3n) is 6.25. The Hall–Kier alpha value is -2.41. The molecule has 0 spiro atoms. The van der Waals surface area contributed by atoms with Gasteiger partial charge in [0.2, 0.25) is 0 Å². The minimum absolute atomic E-state index is 0.171. The van der Waals surface area contributed by atoms with E-state index in [1.165, 1.54) is 23.2 Å². The van der Waals surface area contributed by atoms with E-state index >= 15 is 0 Å². The largest absolute Gasteiger partial charge is 0.215 e. The normalized spacial score (nSPS) is 26.2. The molecule has 0 radical (unpaired) electrons. The quantitative estimate of drug-likeness (QED) is 0.604. The smallest absolute Gasteiger partial charge is 0.186 e. The van der Waals surface area contributed by atoms with E-state index in [0.717, 1.165) is 6.42 Å². The molecule has 1 aromatic heterocycles. The number of H-pyrrole nitrogens is 1. The summed E-state index contributed by atoms with van der Waals surface area (Å²) in [5.41, 5.74) is 4.61. The van der Waals surface area contributed by atoms with E-state index in [1.807, 2.05) is 0 Å². The van der Waals surface area contributed by atoms with Crippen LogP contribution in [-0.2, 0) is 10.8 Å². The van der Waals surface area contributed by atoms with Crippen LogP contribution in [0, 0.1) is 0 Å². The zero-order valence-electron chi connectivity index (χ0n) is 15.1. The van der Waals surface area contributed by atoms with Crippen molar-refractivity contribution < 1.29 is 4.98 Å². The second kappa shape index (κ2) is 6.15. The van der Waals surface area contributed by atoms with Crippen LogP contribution in [0.4, 0.5) is 0 Å². The molecule has 0 aliphatic heterocycles. The highest BCUT2D eigenvalue weighted by Crippen LogP contribution is 2.67. The average molecular weight is 328 g/mol. The van der Waals surface area contributed by atoms with Gasteiger partial charge in [-0.05, 0) is 29.9 Å². The van der Waals surface area contributed by atoms with Gasteiger partial charge in [-0.15, -0.1) is 0 Å². The van der Waals surface area contributed by atoms with Crippen molar-refractivity contribution in [3.63, 3.8) is 0 Å². The third-order valence-corrected chi connectivity index (χ3v) is 6.25. The molecule has 1 nitrogen and oxygen atoms in total. The monoisotopic (exact) mass is 328 g/mol. The summed E-state index contributed by atoms with van der Waals surface area (Å²) in [5.74, 6) is 0.528. The van der Waals surface area contributed by atoms with Crippen molar-refractivity contribution >= 4 is 0 Å². The lowest BCUT2D eigenvalue weighted by atomic mass is 9.78. The Morgan fingerprint density at radius 2 is 1.52 bits per heavy atom. The molecule has 1 heterocycles. The molecule has 0 saturated heterocycles. The van der Waals surface area contributed by atoms with Crippen molar-refractivity contribution in [1.82, 2.24) is 0 Å². The third kappa shape index (κ3) is 2.68. The fraction of sp³-hybridized carbons (Fsp3) is 0.292. The van der Waals surface area contributed by atoms with E-state index in [4.69, 9.17) is 0 Å². The molecule has 3 atom stereocenters. The molecule has 25 heavy (non-hydrogen) atoms. The second-order valence-electron chi connectivity index (χ2n) is 7.75. The molecule has 1 saturated carbocycles. The molecule has 1 fully saturated rings. The average Bonchev–Trinajstić information content (AvgIpc) is 3.30. The molecule has 0 bridgehead atoms. The Kier molecular flexibility index (Phi) is 3.95. The molecule has 1 N–H and O–H groups in total. The fourth-order valence-electron chi connectivity index (χ4n) is 4.66. The number of hydrogen-bond acceptors (Lipinski definition) is 0. The van der Waals surface area contributed by atoms with Gasteiger partial charge in [0.25, 0.3) is 0 Å². The molecule has 1 aliphatic rings. The number of aromatic amines is 1. The summed E-state index contributed by atoms with van der Waals surface area (Å²) in [6.45, 7) is 4.80. The molecular formula is C24H26N+. The van der Waals surface area contributed by atoms with E-state index in [1.54, 1.807) is 0 Å². The highest BCUT2D eigenvalue weighted by atomic mass is 14.8. The Morgan fingerprint density at radius 3 is 2.16 bits per heavy atom. The van der Waals surface area contributed by atoms with Crippen molar-refractivity contribution in [1.29, 1.82) is 0 Å². The maximum absolute atomic E-state index is 3.55. The first-order valence-electron chi connectivity index (χ1n) is 9.23. The van der Waals surface area contributed by atoms with Gasteiger partial charge in [-0.3, -0.25) is 0 Å². The first-order valence-corrected chi connectivity index (χ1v) is 9.23. The van der Waals surface area contributed by atoms with Gasteiger partial charge in [0.05, 0.1) is 5.41 Å². The highest BCUT2D eigenvalue weighted by molar-refractivity contribution is 5.46. The van der Waals surface area contributed by atoms with Gasteiger partial charge in [-0.2, -0.15) is 0 Å². The zero-order chi connectivity index (χ0) is 17.3. The second-order valence-corrected chi connectivity index (χ2v) is 7.75. The lowest BCUT2D eigenvalue weighted by Crippen LogP contribution is -2.28. The van der Waals surface area contributed by atoms with Crippen LogP contribution >= 0.6 is 0 Å². The molecular weight excluding hydrogens is 302 g/mol. The van der Waals surface area contributed by atoms with E-state index in [-0.39, 0.29) is 10.8 Å². The first-order chi connectivity index (χ1) is 12.2. The number of benzene rings is 2. The predicted molar refractivity (Wildman–Crippen MR) is 103 cm³/mol. The summed E-state index contributed by atoms with van der Waals surface area (Å²) in [7, 11) is 0. The van der Waals surface area contributed by atoms with E-state index in [2.05, 4.69) is 104 Å². The van der Waals surface area contributed by atoms with Gasteiger partial charge in [-0.25, -0.2) is 4.98 Å². The van der Waals surface area contributed by atoms with Crippen LogP contribution in [0.5, 0.6) is 0 Å². The zero-order valence-corrected chi connectivity index (χ0v) is 15.1. The molecule has 1 heteroatoms. The van der Waals surface area contributed by atoms with Gasteiger partial charge in [0.1, 0.15) is 0 Å². The van der Waals surface area contributed by atoms with Gasteiger partial charge in [0.15, 0.2) is 11.9 Å².